The topological polar surface area (TPSA) is 43.3 Å². The van der Waals surface area contributed by atoms with Crippen LogP contribution in [0.2, 0.25) is 0 Å². The van der Waals surface area contributed by atoms with Gasteiger partial charge in [-0.2, -0.15) is 0 Å². The Kier molecular flexibility index (Phi) is 6.47. The number of nitrogens with zero attached hydrogens (tertiary/aromatic N) is 1. The monoisotopic (exact) mass is 302 g/mol. The van der Waals surface area contributed by atoms with Crippen LogP contribution < -0.4 is 10.9 Å². The van der Waals surface area contributed by atoms with Crippen molar-refractivity contribution in [3.8, 4) is 0 Å². The molecule has 0 aliphatic heterocycles. The molecule has 0 amide bonds. The zero-order chi connectivity index (χ0) is 12.7. The molecule has 17 heavy (non-hydrogen) atoms. The van der Waals surface area contributed by atoms with E-state index in [0.29, 0.717) is 6.54 Å². The Labute approximate surface area is 110 Å². The van der Waals surface area contributed by atoms with Crippen molar-refractivity contribution in [1.82, 2.24) is 9.88 Å². The molecule has 0 atom stereocenters. The summed E-state index contributed by atoms with van der Waals surface area (Å²) in [5.41, 5.74) is 0.839. The molecule has 0 radical (unpaired) electrons. The first-order valence-corrected chi connectivity index (χ1v) is 6.50. The number of hydrogen-bond donors (Lipinski definition) is 1. The molecular weight excluding hydrogens is 284 g/mol. The highest BCUT2D eigenvalue weighted by Gasteiger charge is 2.01. The van der Waals surface area contributed by atoms with E-state index in [0.717, 1.165) is 36.2 Å². The van der Waals surface area contributed by atoms with E-state index in [-0.39, 0.29) is 5.56 Å². The predicted octanol–water partition coefficient (Wildman–Crippen LogP) is 1.55. The Morgan fingerprint density at radius 2 is 2.24 bits per heavy atom. The van der Waals surface area contributed by atoms with Crippen LogP contribution in [0.3, 0.4) is 0 Å². The van der Waals surface area contributed by atoms with Crippen molar-refractivity contribution in [2.45, 2.75) is 19.9 Å². The second kappa shape index (κ2) is 7.63. The zero-order valence-electron chi connectivity index (χ0n) is 10.3. The molecular formula is C12H19BrN2O2. The molecule has 0 unspecified atom stereocenters. The lowest BCUT2D eigenvalue weighted by atomic mass is 10.3. The highest BCUT2D eigenvalue weighted by molar-refractivity contribution is 9.10. The molecule has 0 spiro atoms. The number of pyridine rings is 1. The van der Waals surface area contributed by atoms with Gasteiger partial charge in [-0.25, -0.2) is 0 Å². The standard InChI is InChI=1S/C12H19BrN2O2/c1-10-8-11(13)9-15(12(10)16)6-5-14-4-3-7-17-2/h8-9,14H,3-7H2,1-2H3. The number of hydrogen-bond acceptors (Lipinski definition) is 3. The van der Waals surface area contributed by atoms with Crippen molar-refractivity contribution in [3.63, 3.8) is 0 Å². The molecule has 0 aromatic carbocycles. The van der Waals surface area contributed by atoms with Crippen LogP contribution in [0.15, 0.2) is 21.5 Å². The van der Waals surface area contributed by atoms with E-state index in [2.05, 4.69) is 21.2 Å². The van der Waals surface area contributed by atoms with Crippen molar-refractivity contribution >= 4 is 15.9 Å². The van der Waals surface area contributed by atoms with Gasteiger partial charge in [0.2, 0.25) is 0 Å². The fourth-order valence-electron chi connectivity index (χ4n) is 1.57. The molecule has 1 heterocycles. The Bertz CT molecular complexity index is 404. The Hall–Kier alpha value is -0.650. The van der Waals surface area contributed by atoms with Crippen molar-refractivity contribution in [1.29, 1.82) is 0 Å². The molecule has 1 rings (SSSR count). The van der Waals surface area contributed by atoms with Gasteiger partial charge in [-0.15, -0.1) is 0 Å². The van der Waals surface area contributed by atoms with E-state index in [1.165, 1.54) is 0 Å². The fourth-order valence-corrected chi connectivity index (χ4v) is 2.16. The maximum absolute atomic E-state index is 11.8. The second-order valence-electron chi connectivity index (χ2n) is 3.94. The van der Waals surface area contributed by atoms with Gasteiger partial charge in [-0.3, -0.25) is 4.79 Å². The zero-order valence-corrected chi connectivity index (χ0v) is 11.9. The molecule has 0 saturated heterocycles. The van der Waals surface area contributed by atoms with Crippen LogP contribution in [0.4, 0.5) is 0 Å². The van der Waals surface area contributed by atoms with Crippen molar-refractivity contribution in [2.75, 3.05) is 26.8 Å². The number of aromatic nitrogens is 1. The minimum Gasteiger partial charge on any atom is -0.385 e. The van der Waals surface area contributed by atoms with E-state index in [4.69, 9.17) is 4.74 Å². The molecule has 0 fully saturated rings. The summed E-state index contributed by atoms with van der Waals surface area (Å²) in [5, 5.41) is 3.28. The second-order valence-corrected chi connectivity index (χ2v) is 4.85. The number of nitrogens with one attached hydrogen (secondary N) is 1. The summed E-state index contributed by atoms with van der Waals surface area (Å²) in [6.45, 7) is 4.99. The number of ether oxygens (including phenoxy) is 1. The molecule has 0 bridgehead atoms. The number of methoxy groups -OCH3 is 1. The van der Waals surface area contributed by atoms with Crippen LogP contribution in [-0.2, 0) is 11.3 Å². The minimum atomic E-state index is 0.0758. The fraction of sp³-hybridized carbons (Fsp3) is 0.583. The predicted molar refractivity (Wildman–Crippen MR) is 72.5 cm³/mol. The highest BCUT2D eigenvalue weighted by Crippen LogP contribution is 2.07. The normalized spacial score (nSPS) is 10.8. The molecule has 5 heteroatoms. The average molecular weight is 303 g/mol. The molecule has 1 N–H and O–H groups in total. The van der Waals surface area contributed by atoms with E-state index in [9.17, 15) is 4.79 Å². The van der Waals surface area contributed by atoms with E-state index < -0.39 is 0 Å². The molecule has 1 aromatic rings. The number of halogens is 1. The van der Waals surface area contributed by atoms with E-state index in [1.807, 2.05) is 19.2 Å². The van der Waals surface area contributed by atoms with Gasteiger partial charge in [-0.1, -0.05) is 0 Å². The summed E-state index contributed by atoms with van der Waals surface area (Å²) >= 11 is 3.39. The maximum atomic E-state index is 11.8. The first kappa shape index (κ1) is 14.4. The van der Waals surface area contributed by atoms with Gasteiger partial charge in [0.05, 0.1) is 0 Å². The molecule has 1 aromatic heterocycles. The lowest BCUT2D eigenvalue weighted by Crippen LogP contribution is -2.28. The summed E-state index contributed by atoms with van der Waals surface area (Å²) in [6.07, 6.45) is 2.81. The van der Waals surface area contributed by atoms with Gasteiger partial charge in [0.25, 0.3) is 5.56 Å². The third-order valence-corrected chi connectivity index (χ3v) is 2.90. The quantitative estimate of drug-likeness (QED) is 0.777. The van der Waals surface area contributed by atoms with Crippen LogP contribution >= 0.6 is 15.9 Å². The number of aryl methyl sites for hydroxylation is 1. The van der Waals surface area contributed by atoms with Crippen molar-refractivity contribution in [3.05, 3.63) is 32.7 Å². The van der Waals surface area contributed by atoms with Gasteiger partial charge >= 0.3 is 0 Å². The summed E-state index contributed by atoms with van der Waals surface area (Å²) in [7, 11) is 1.70. The van der Waals surface area contributed by atoms with E-state index >= 15 is 0 Å². The molecule has 4 nitrogen and oxygen atoms in total. The molecule has 0 aliphatic carbocycles. The highest BCUT2D eigenvalue weighted by atomic mass is 79.9. The van der Waals surface area contributed by atoms with Crippen molar-refractivity contribution < 1.29 is 4.74 Å². The lowest BCUT2D eigenvalue weighted by Gasteiger charge is -2.08. The Morgan fingerprint density at radius 1 is 1.47 bits per heavy atom. The summed E-state index contributed by atoms with van der Waals surface area (Å²) in [5.74, 6) is 0. The summed E-state index contributed by atoms with van der Waals surface area (Å²) < 4.78 is 7.62. The van der Waals surface area contributed by atoms with Crippen LogP contribution in [-0.4, -0.2) is 31.4 Å². The average Bonchev–Trinajstić information content (AvgIpc) is 2.29. The first-order chi connectivity index (χ1) is 8.15. The Morgan fingerprint density at radius 3 is 2.94 bits per heavy atom. The largest absolute Gasteiger partial charge is 0.385 e. The van der Waals surface area contributed by atoms with Crippen LogP contribution in [0, 0.1) is 6.92 Å². The smallest absolute Gasteiger partial charge is 0.253 e. The van der Waals surface area contributed by atoms with Gasteiger partial charge in [0, 0.05) is 43.0 Å². The lowest BCUT2D eigenvalue weighted by molar-refractivity contribution is 0.194. The van der Waals surface area contributed by atoms with Crippen molar-refractivity contribution in [2.24, 2.45) is 0 Å². The number of rotatable bonds is 7. The molecule has 0 saturated carbocycles. The third kappa shape index (κ3) is 5.02. The maximum Gasteiger partial charge on any atom is 0.253 e. The molecule has 96 valence electrons. The van der Waals surface area contributed by atoms with Gasteiger partial charge in [-0.05, 0) is 41.9 Å². The third-order valence-electron chi connectivity index (χ3n) is 2.46. The van der Waals surface area contributed by atoms with Gasteiger partial charge in [0.1, 0.15) is 0 Å². The van der Waals surface area contributed by atoms with Gasteiger partial charge < -0.3 is 14.6 Å². The van der Waals surface area contributed by atoms with E-state index in [1.54, 1.807) is 11.7 Å². The SMILES string of the molecule is COCCCNCCn1cc(Br)cc(C)c1=O. The minimum absolute atomic E-state index is 0.0758. The summed E-state index contributed by atoms with van der Waals surface area (Å²) in [6, 6.07) is 1.84. The van der Waals surface area contributed by atoms with Crippen LogP contribution in [0.1, 0.15) is 12.0 Å². The molecule has 0 aliphatic rings. The Balaban J connectivity index is 2.39. The summed E-state index contributed by atoms with van der Waals surface area (Å²) in [4.78, 5) is 11.8. The van der Waals surface area contributed by atoms with Crippen LogP contribution in [0.25, 0.3) is 0 Å². The first-order valence-electron chi connectivity index (χ1n) is 5.71. The van der Waals surface area contributed by atoms with Crippen LogP contribution in [0.5, 0.6) is 0 Å². The van der Waals surface area contributed by atoms with Gasteiger partial charge in [0.15, 0.2) is 0 Å².